The van der Waals surface area contributed by atoms with Gasteiger partial charge >= 0.3 is 0 Å². The van der Waals surface area contributed by atoms with E-state index in [4.69, 9.17) is 15.0 Å². The molecule has 0 radical (unpaired) electrons. The Morgan fingerprint density at radius 1 is 0.750 bits per heavy atom. The Morgan fingerprint density at radius 3 is 2.17 bits per heavy atom. The average Bonchev–Trinajstić information content (AvgIpc) is 2.93. The molecular formula is C31H31N3OS. The Kier molecular flexibility index (Phi) is 7.47. The van der Waals surface area contributed by atoms with Gasteiger partial charge in [0.25, 0.3) is 0 Å². The monoisotopic (exact) mass is 493 g/mol. The SMILES string of the molecule is CCCCC(CC)CSc1nc(-c2ccccc2O)nc(-c2cc3ccccc3c3ccccc23)n1. The summed E-state index contributed by atoms with van der Waals surface area (Å²) in [5, 5.41) is 15.9. The summed E-state index contributed by atoms with van der Waals surface area (Å²) in [6, 6.07) is 26.3. The van der Waals surface area contributed by atoms with E-state index in [-0.39, 0.29) is 5.75 Å². The Labute approximate surface area is 216 Å². The first kappa shape index (κ1) is 24.3. The van der Waals surface area contributed by atoms with Crippen LogP contribution in [-0.4, -0.2) is 25.8 Å². The predicted molar refractivity (Wildman–Crippen MR) is 151 cm³/mol. The lowest BCUT2D eigenvalue weighted by molar-refractivity contribution is 0.476. The molecule has 0 spiro atoms. The largest absolute Gasteiger partial charge is 0.507 e. The number of phenols is 1. The van der Waals surface area contributed by atoms with Crippen LogP contribution in [0.15, 0.2) is 84.0 Å². The van der Waals surface area contributed by atoms with Crippen LogP contribution >= 0.6 is 11.8 Å². The molecule has 5 rings (SSSR count). The molecule has 0 amide bonds. The molecule has 1 unspecified atom stereocenters. The molecule has 0 saturated carbocycles. The van der Waals surface area contributed by atoms with E-state index < -0.39 is 0 Å². The van der Waals surface area contributed by atoms with Crippen molar-refractivity contribution in [1.82, 2.24) is 15.0 Å². The highest BCUT2D eigenvalue weighted by Gasteiger charge is 2.17. The molecule has 4 aromatic carbocycles. The molecule has 1 aromatic heterocycles. The Balaban J connectivity index is 1.65. The van der Waals surface area contributed by atoms with Crippen LogP contribution in [0, 0.1) is 5.92 Å². The highest BCUT2D eigenvalue weighted by molar-refractivity contribution is 7.99. The lowest BCUT2D eigenvalue weighted by Crippen LogP contribution is -2.05. The van der Waals surface area contributed by atoms with Crippen LogP contribution in [0.2, 0.25) is 0 Å². The van der Waals surface area contributed by atoms with Gasteiger partial charge in [0, 0.05) is 11.3 Å². The molecule has 0 aliphatic carbocycles. The normalized spacial score (nSPS) is 12.3. The van der Waals surface area contributed by atoms with Crippen molar-refractivity contribution >= 4 is 33.3 Å². The Hall–Kier alpha value is -3.44. The van der Waals surface area contributed by atoms with E-state index in [2.05, 4.69) is 68.4 Å². The second-order valence-corrected chi connectivity index (χ2v) is 10.2. The number of phenolic OH excluding ortho intramolecular Hbond substituents is 1. The van der Waals surface area contributed by atoms with Crippen molar-refractivity contribution in [1.29, 1.82) is 0 Å². The predicted octanol–water partition coefficient (Wildman–Crippen LogP) is 8.53. The van der Waals surface area contributed by atoms with Crippen LogP contribution < -0.4 is 0 Å². The Morgan fingerprint density at radius 2 is 1.42 bits per heavy atom. The van der Waals surface area contributed by atoms with E-state index in [9.17, 15) is 5.11 Å². The topological polar surface area (TPSA) is 58.9 Å². The number of para-hydroxylation sites is 1. The fraction of sp³-hybridized carbons (Fsp3) is 0.258. The van der Waals surface area contributed by atoms with Crippen LogP contribution in [-0.2, 0) is 0 Å². The highest BCUT2D eigenvalue weighted by atomic mass is 32.2. The van der Waals surface area contributed by atoms with Gasteiger partial charge in [-0.3, -0.25) is 0 Å². The number of benzene rings is 4. The fourth-order valence-electron chi connectivity index (χ4n) is 4.65. The van der Waals surface area contributed by atoms with Crippen LogP contribution in [0.4, 0.5) is 0 Å². The second kappa shape index (κ2) is 11.1. The molecule has 182 valence electrons. The summed E-state index contributed by atoms with van der Waals surface area (Å²) in [5.74, 6) is 2.90. The van der Waals surface area contributed by atoms with Crippen LogP contribution in [0.5, 0.6) is 5.75 Å². The zero-order valence-corrected chi connectivity index (χ0v) is 21.6. The molecule has 0 saturated heterocycles. The molecule has 4 nitrogen and oxygen atoms in total. The fourth-order valence-corrected chi connectivity index (χ4v) is 5.74. The first-order valence-electron chi connectivity index (χ1n) is 12.8. The maximum atomic E-state index is 10.6. The van der Waals surface area contributed by atoms with E-state index in [1.165, 1.54) is 30.0 Å². The maximum absolute atomic E-state index is 10.6. The number of unbranched alkanes of at least 4 members (excludes halogenated alkanes) is 1. The third-order valence-electron chi connectivity index (χ3n) is 6.76. The minimum absolute atomic E-state index is 0.170. The molecule has 36 heavy (non-hydrogen) atoms. The summed E-state index contributed by atoms with van der Waals surface area (Å²) >= 11 is 1.69. The summed E-state index contributed by atoms with van der Waals surface area (Å²) in [7, 11) is 0. The molecule has 0 aliphatic rings. The van der Waals surface area contributed by atoms with E-state index in [1.807, 2.05) is 18.2 Å². The number of rotatable bonds is 9. The summed E-state index contributed by atoms with van der Waals surface area (Å²) in [6.07, 6.45) is 4.82. The van der Waals surface area contributed by atoms with E-state index in [0.29, 0.717) is 28.3 Å². The third-order valence-corrected chi connectivity index (χ3v) is 7.84. The zero-order valence-electron chi connectivity index (χ0n) is 20.8. The maximum Gasteiger partial charge on any atom is 0.191 e. The number of aromatic hydroxyl groups is 1. The number of fused-ring (bicyclic) bond motifs is 3. The van der Waals surface area contributed by atoms with Crippen molar-refractivity contribution in [3.05, 3.63) is 78.9 Å². The molecule has 1 heterocycles. The van der Waals surface area contributed by atoms with Crippen LogP contribution in [0.3, 0.4) is 0 Å². The summed E-state index contributed by atoms with van der Waals surface area (Å²) in [5.41, 5.74) is 1.59. The lowest BCUT2D eigenvalue weighted by Gasteiger charge is -2.15. The van der Waals surface area contributed by atoms with Gasteiger partial charge in [0.15, 0.2) is 16.8 Å². The molecule has 5 heteroatoms. The van der Waals surface area contributed by atoms with Gasteiger partial charge in [0.1, 0.15) is 5.75 Å². The molecule has 0 bridgehead atoms. The summed E-state index contributed by atoms with van der Waals surface area (Å²) in [6.45, 7) is 4.50. The number of aromatic nitrogens is 3. The van der Waals surface area contributed by atoms with Gasteiger partial charge in [-0.2, -0.15) is 0 Å². The number of thioether (sulfide) groups is 1. The van der Waals surface area contributed by atoms with Crippen molar-refractivity contribution in [3.8, 4) is 28.5 Å². The van der Waals surface area contributed by atoms with Crippen molar-refractivity contribution in [3.63, 3.8) is 0 Å². The zero-order chi connectivity index (χ0) is 24.9. The van der Waals surface area contributed by atoms with Crippen LogP contribution in [0.1, 0.15) is 39.5 Å². The smallest absolute Gasteiger partial charge is 0.191 e. The van der Waals surface area contributed by atoms with Gasteiger partial charge in [-0.25, -0.2) is 15.0 Å². The molecule has 0 fully saturated rings. The first-order valence-corrected chi connectivity index (χ1v) is 13.7. The standard InChI is InChI=1S/C31H31N3OS/c1-3-5-12-21(4-2)20-36-31-33-29(26-17-10-11-18-28(26)35)32-30(34-31)27-19-22-13-6-7-14-23(22)24-15-8-9-16-25(24)27/h6-11,13-19,21,35H,3-5,12,20H2,1-2H3. The summed E-state index contributed by atoms with van der Waals surface area (Å²) in [4.78, 5) is 14.7. The molecule has 5 aromatic rings. The lowest BCUT2D eigenvalue weighted by atomic mass is 9.97. The quantitative estimate of drug-likeness (QED) is 0.165. The Bertz CT molecular complexity index is 1500. The number of hydrogen-bond acceptors (Lipinski definition) is 5. The third kappa shape index (κ3) is 5.07. The van der Waals surface area contributed by atoms with Gasteiger partial charge in [-0.15, -0.1) is 0 Å². The van der Waals surface area contributed by atoms with Crippen molar-refractivity contribution < 1.29 is 5.11 Å². The van der Waals surface area contributed by atoms with Gasteiger partial charge in [-0.1, -0.05) is 106 Å². The molecular weight excluding hydrogens is 462 g/mol. The van der Waals surface area contributed by atoms with Gasteiger partial charge in [0.05, 0.1) is 5.56 Å². The number of hydrogen-bond donors (Lipinski definition) is 1. The van der Waals surface area contributed by atoms with Crippen molar-refractivity contribution in [2.45, 2.75) is 44.7 Å². The minimum Gasteiger partial charge on any atom is -0.507 e. The highest BCUT2D eigenvalue weighted by Crippen LogP contribution is 2.36. The molecule has 0 aliphatic heterocycles. The average molecular weight is 494 g/mol. The van der Waals surface area contributed by atoms with Gasteiger partial charge < -0.3 is 5.11 Å². The van der Waals surface area contributed by atoms with E-state index >= 15 is 0 Å². The molecule has 1 N–H and O–H groups in total. The second-order valence-electron chi connectivity index (χ2n) is 9.20. The minimum atomic E-state index is 0.170. The number of nitrogens with zero attached hydrogens (tertiary/aromatic N) is 3. The van der Waals surface area contributed by atoms with E-state index in [0.717, 1.165) is 28.5 Å². The van der Waals surface area contributed by atoms with Gasteiger partial charge in [0.2, 0.25) is 0 Å². The summed E-state index contributed by atoms with van der Waals surface area (Å²) < 4.78 is 0. The van der Waals surface area contributed by atoms with Crippen molar-refractivity contribution in [2.24, 2.45) is 5.92 Å². The van der Waals surface area contributed by atoms with Gasteiger partial charge in [-0.05, 0) is 52.1 Å². The van der Waals surface area contributed by atoms with Crippen LogP contribution in [0.25, 0.3) is 44.3 Å². The van der Waals surface area contributed by atoms with Crippen molar-refractivity contribution in [2.75, 3.05) is 5.75 Å². The molecule has 1 atom stereocenters. The first-order chi connectivity index (χ1) is 17.7. The van der Waals surface area contributed by atoms with E-state index in [1.54, 1.807) is 17.8 Å².